The number of anilines is 1. The maximum absolute atomic E-state index is 12.5. The van der Waals surface area contributed by atoms with Crippen molar-refractivity contribution >= 4 is 28.5 Å². The number of hydrogen-bond acceptors (Lipinski definition) is 6. The summed E-state index contributed by atoms with van der Waals surface area (Å²) in [5.41, 5.74) is 2.61. The molecular formula is C24H23NO6. The average Bonchev–Trinajstić information content (AvgIpc) is 3.28. The minimum Gasteiger partial charge on any atom is -0.482 e. The Morgan fingerprint density at radius 3 is 2.61 bits per heavy atom. The monoisotopic (exact) mass is 421 g/mol. The highest BCUT2D eigenvalue weighted by atomic mass is 16.6. The molecule has 0 aliphatic heterocycles. The summed E-state index contributed by atoms with van der Waals surface area (Å²) < 4.78 is 16.1. The molecule has 0 N–H and O–H groups in total. The van der Waals surface area contributed by atoms with Crippen LogP contribution >= 0.6 is 0 Å². The number of benzene rings is 2. The first-order valence-corrected chi connectivity index (χ1v) is 10.2. The standard InChI is InChI=1S/C24H23NO6/c1-15(23(27)25(2)16-7-4-3-5-8-16)30-22(26)14-29-17-11-12-19-18-9-6-10-20(18)24(28)31-21(19)13-17/h3-5,7-8,11-13,15H,6,9-10,14H2,1-2H3/t15-/m0/s1. The number of fused-ring (bicyclic) bond motifs is 3. The van der Waals surface area contributed by atoms with E-state index in [1.54, 1.807) is 31.3 Å². The number of likely N-dealkylation sites (N-methyl/N-ethyl adjacent to an activating group) is 1. The topological polar surface area (TPSA) is 86.0 Å². The van der Waals surface area contributed by atoms with Crippen molar-refractivity contribution < 1.29 is 23.5 Å². The van der Waals surface area contributed by atoms with E-state index in [1.807, 2.05) is 24.3 Å². The largest absolute Gasteiger partial charge is 0.482 e. The van der Waals surface area contributed by atoms with Crippen LogP contribution in [-0.2, 0) is 27.2 Å². The summed E-state index contributed by atoms with van der Waals surface area (Å²) in [6.45, 7) is 1.15. The second-order valence-electron chi connectivity index (χ2n) is 7.51. The van der Waals surface area contributed by atoms with Crippen LogP contribution in [-0.4, -0.2) is 31.6 Å². The molecule has 0 saturated heterocycles. The molecule has 0 fully saturated rings. The molecule has 4 rings (SSSR count). The smallest absolute Gasteiger partial charge is 0.344 e. The van der Waals surface area contributed by atoms with Gasteiger partial charge in [0.15, 0.2) is 12.7 Å². The molecule has 1 aliphatic carbocycles. The van der Waals surface area contributed by atoms with E-state index >= 15 is 0 Å². The molecule has 3 aromatic rings. The third kappa shape index (κ3) is 4.30. The van der Waals surface area contributed by atoms with E-state index in [1.165, 1.54) is 11.8 Å². The van der Waals surface area contributed by atoms with Crippen molar-refractivity contribution in [3.63, 3.8) is 0 Å². The van der Waals surface area contributed by atoms with Gasteiger partial charge >= 0.3 is 11.6 Å². The molecule has 1 atom stereocenters. The van der Waals surface area contributed by atoms with Gasteiger partial charge in [0.1, 0.15) is 11.3 Å². The van der Waals surface area contributed by atoms with Crippen molar-refractivity contribution in [3.8, 4) is 5.75 Å². The van der Waals surface area contributed by atoms with E-state index in [2.05, 4.69) is 0 Å². The lowest BCUT2D eigenvalue weighted by Crippen LogP contribution is -2.38. The Morgan fingerprint density at radius 1 is 1.10 bits per heavy atom. The quantitative estimate of drug-likeness (QED) is 0.449. The Kier molecular flexibility index (Phi) is 5.75. The van der Waals surface area contributed by atoms with Gasteiger partial charge < -0.3 is 18.8 Å². The highest BCUT2D eigenvalue weighted by Gasteiger charge is 2.23. The lowest BCUT2D eigenvalue weighted by Gasteiger charge is -2.21. The molecule has 7 heteroatoms. The van der Waals surface area contributed by atoms with E-state index in [0.29, 0.717) is 17.0 Å². The Hall–Kier alpha value is -3.61. The van der Waals surface area contributed by atoms with Crippen LogP contribution < -0.4 is 15.3 Å². The number of carbonyl (C=O) groups excluding carboxylic acids is 2. The van der Waals surface area contributed by atoms with Crippen LogP contribution in [0.3, 0.4) is 0 Å². The van der Waals surface area contributed by atoms with Crippen molar-refractivity contribution in [2.45, 2.75) is 32.3 Å². The summed E-state index contributed by atoms with van der Waals surface area (Å²) in [6.07, 6.45) is 1.58. The molecule has 1 amide bonds. The molecule has 160 valence electrons. The number of ether oxygens (including phenoxy) is 2. The van der Waals surface area contributed by atoms with E-state index in [4.69, 9.17) is 13.9 Å². The third-order valence-corrected chi connectivity index (χ3v) is 5.43. The Morgan fingerprint density at radius 2 is 1.84 bits per heavy atom. The first kappa shape index (κ1) is 20.7. The van der Waals surface area contributed by atoms with E-state index < -0.39 is 12.1 Å². The van der Waals surface area contributed by atoms with Crippen molar-refractivity contribution in [2.24, 2.45) is 0 Å². The predicted molar refractivity (Wildman–Crippen MR) is 115 cm³/mol. The molecule has 0 radical (unpaired) electrons. The lowest BCUT2D eigenvalue weighted by molar-refractivity contribution is -0.155. The number of rotatable bonds is 6. The Bertz CT molecular complexity index is 1180. The molecule has 0 spiro atoms. The number of para-hydroxylation sites is 1. The van der Waals surface area contributed by atoms with Crippen LogP contribution in [0, 0.1) is 0 Å². The highest BCUT2D eigenvalue weighted by molar-refractivity contribution is 5.96. The first-order chi connectivity index (χ1) is 14.9. The Labute approximate surface area is 179 Å². The molecular weight excluding hydrogens is 398 g/mol. The Balaban J connectivity index is 1.37. The van der Waals surface area contributed by atoms with Gasteiger partial charge in [-0.1, -0.05) is 18.2 Å². The zero-order valence-corrected chi connectivity index (χ0v) is 17.4. The fraction of sp³-hybridized carbons (Fsp3) is 0.292. The lowest BCUT2D eigenvalue weighted by atomic mass is 10.1. The minimum atomic E-state index is -0.960. The van der Waals surface area contributed by atoms with Crippen LogP contribution in [0.25, 0.3) is 11.0 Å². The predicted octanol–water partition coefficient (Wildman–Crippen LogP) is 3.26. The maximum atomic E-state index is 12.5. The molecule has 0 bridgehead atoms. The number of esters is 1. The average molecular weight is 421 g/mol. The second-order valence-corrected chi connectivity index (χ2v) is 7.51. The molecule has 0 unspecified atom stereocenters. The van der Waals surface area contributed by atoms with Crippen molar-refractivity contribution in [3.05, 3.63) is 70.1 Å². The summed E-state index contributed by atoms with van der Waals surface area (Å²) in [6, 6.07) is 14.3. The summed E-state index contributed by atoms with van der Waals surface area (Å²) in [7, 11) is 1.62. The number of aryl methyl sites for hydroxylation is 1. The van der Waals surface area contributed by atoms with Crippen LogP contribution in [0.1, 0.15) is 24.5 Å². The van der Waals surface area contributed by atoms with E-state index in [-0.39, 0.29) is 18.1 Å². The molecule has 7 nitrogen and oxygen atoms in total. The van der Waals surface area contributed by atoms with Gasteiger partial charge in [0.25, 0.3) is 5.91 Å². The van der Waals surface area contributed by atoms with Crippen LogP contribution in [0.15, 0.2) is 57.7 Å². The number of amides is 1. The SMILES string of the molecule is C[C@H](OC(=O)COc1ccc2c3c(c(=O)oc2c1)CCC3)C(=O)N(C)c1ccccc1. The maximum Gasteiger partial charge on any atom is 0.344 e. The summed E-state index contributed by atoms with van der Waals surface area (Å²) in [5, 5.41) is 0.894. The second kappa shape index (κ2) is 8.63. The molecule has 31 heavy (non-hydrogen) atoms. The summed E-state index contributed by atoms with van der Waals surface area (Å²) in [4.78, 5) is 38.2. The van der Waals surface area contributed by atoms with Gasteiger partial charge in [0.2, 0.25) is 0 Å². The summed E-state index contributed by atoms with van der Waals surface area (Å²) >= 11 is 0. The first-order valence-electron chi connectivity index (χ1n) is 10.2. The van der Waals surface area contributed by atoms with Gasteiger partial charge in [-0.15, -0.1) is 0 Å². The number of carbonyl (C=O) groups is 2. The van der Waals surface area contributed by atoms with Gasteiger partial charge in [-0.3, -0.25) is 4.79 Å². The fourth-order valence-corrected chi connectivity index (χ4v) is 3.83. The van der Waals surface area contributed by atoms with Gasteiger partial charge in [0.05, 0.1) is 0 Å². The normalized spacial score (nSPS) is 13.5. The molecule has 0 saturated carbocycles. The van der Waals surface area contributed by atoms with Crippen LogP contribution in [0.4, 0.5) is 5.69 Å². The third-order valence-electron chi connectivity index (χ3n) is 5.43. The van der Waals surface area contributed by atoms with Gasteiger partial charge in [-0.05, 0) is 56.0 Å². The summed E-state index contributed by atoms with van der Waals surface area (Å²) in [5.74, 6) is -0.635. The zero-order chi connectivity index (χ0) is 22.0. The fourth-order valence-electron chi connectivity index (χ4n) is 3.83. The van der Waals surface area contributed by atoms with Gasteiger partial charge in [-0.25, -0.2) is 9.59 Å². The van der Waals surface area contributed by atoms with Crippen LogP contribution in [0.2, 0.25) is 0 Å². The van der Waals surface area contributed by atoms with Crippen molar-refractivity contribution in [1.29, 1.82) is 0 Å². The minimum absolute atomic E-state index is 0.313. The number of nitrogens with zero attached hydrogens (tertiary/aromatic N) is 1. The van der Waals surface area contributed by atoms with Gasteiger partial charge in [-0.2, -0.15) is 0 Å². The molecule has 1 aliphatic rings. The van der Waals surface area contributed by atoms with E-state index in [9.17, 15) is 14.4 Å². The molecule has 2 aromatic carbocycles. The molecule has 1 heterocycles. The zero-order valence-electron chi connectivity index (χ0n) is 17.4. The molecule has 1 aromatic heterocycles. The van der Waals surface area contributed by atoms with Gasteiger partial charge in [0, 0.05) is 29.8 Å². The highest BCUT2D eigenvalue weighted by Crippen LogP contribution is 2.29. The van der Waals surface area contributed by atoms with Crippen molar-refractivity contribution in [1.82, 2.24) is 0 Å². The van der Waals surface area contributed by atoms with E-state index in [0.717, 1.165) is 35.8 Å². The van der Waals surface area contributed by atoms with Crippen molar-refractivity contribution in [2.75, 3.05) is 18.6 Å². The number of hydrogen-bond donors (Lipinski definition) is 0. The van der Waals surface area contributed by atoms with Crippen LogP contribution in [0.5, 0.6) is 5.75 Å².